The van der Waals surface area contributed by atoms with Gasteiger partial charge in [-0.15, -0.1) is 0 Å². The number of hydrogen-bond acceptors (Lipinski definition) is 0. The quantitative estimate of drug-likeness (QED) is 0.429. The van der Waals surface area contributed by atoms with Gasteiger partial charge in [-0.1, -0.05) is 40.2 Å². The maximum absolute atomic E-state index is 3.72. The summed E-state index contributed by atoms with van der Waals surface area (Å²) in [7, 11) is 0. The van der Waals surface area contributed by atoms with Gasteiger partial charge < -0.3 is 4.57 Å². The summed E-state index contributed by atoms with van der Waals surface area (Å²) in [5.74, 6) is 0. The molecule has 2 aromatic carbocycles. The van der Waals surface area contributed by atoms with E-state index in [-0.39, 0.29) is 0 Å². The van der Waals surface area contributed by atoms with Crippen molar-refractivity contribution in [3.05, 3.63) is 45.3 Å². The Bertz CT molecular complexity index is 746. The van der Waals surface area contributed by atoms with E-state index in [1.165, 1.54) is 21.8 Å². The first kappa shape index (κ1) is 13.7. The Morgan fingerprint density at radius 3 is 2.53 bits per heavy atom. The highest BCUT2D eigenvalue weighted by Crippen LogP contribution is 2.37. The molecule has 0 aliphatic rings. The highest BCUT2D eigenvalue weighted by molar-refractivity contribution is 9.13. The van der Waals surface area contributed by atoms with Gasteiger partial charge in [-0.05, 0) is 50.4 Å². The summed E-state index contributed by atoms with van der Waals surface area (Å²) in [6.45, 7) is 1.02. The molecule has 1 heterocycles. The van der Waals surface area contributed by atoms with Gasteiger partial charge in [0.15, 0.2) is 0 Å². The molecule has 0 unspecified atom stereocenters. The largest absolute Gasteiger partial charge is 0.339 e. The number of para-hydroxylation sites is 1. The smallest absolute Gasteiger partial charge is 0.0647 e. The van der Waals surface area contributed by atoms with E-state index in [0.29, 0.717) is 0 Å². The zero-order valence-electron chi connectivity index (χ0n) is 10.2. The topological polar surface area (TPSA) is 4.93 Å². The highest BCUT2D eigenvalue weighted by atomic mass is 79.9. The molecule has 0 spiro atoms. The minimum Gasteiger partial charge on any atom is -0.339 e. The highest BCUT2D eigenvalue weighted by Gasteiger charge is 2.14. The number of fused-ring (bicyclic) bond motifs is 3. The second kappa shape index (κ2) is 5.58. The second-order valence-corrected chi connectivity index (χ2v) is 6.91. The Kier molecular flexibility index (Phi) is 4.01. The Morgan fingerprint density at radius 1 is 0.947 bits per heavy atom. The van der Waals surface area contributed by atoms with Crippen LogP contribution >= 0.6 is 47.8 Å². The Morgan fingerprint density at radius 2 is 1.74 bits per heavy atom. The van der Waals surface area contributed by atoms with Crippen molar-refractivity contribution in [1.29, 1.82) is 0 Å². The summed E-state index contributed by atoms with van der Waals surface area (Å²) >= 11 is 10.9. The molecule has 19 heavy (non-hydrogen) atoms. The van der Waals surface area contributed by atoms with Crippen LogP contribution in [0.4, 0.5) is 0 Å². The molecule has 0 aliphatic carbocycles. The normalized spacial score (nSPS) is 11.5. The fraction of sp³-hybridized carbons (Fsp3) is 0.200. The van der Waals surface area contributed by atoms with Crippen LogP contribution in [0.5, 0.6) is 0 Å². The lowest BCUT2D eigenvalue weighted by atomic mass is 10.2. The van der Waals surface area contributed by atoms with Crippen molar-refractivity contribution < 1.29 is 0 Å². The molecule has 0 saturated carbocycles. The summed E-state index contributed by atoms with van der Waals surface area (Å²) in [5, 5.41) is 3.65. The number of alkyl halides is 1. The van der Waals surface area contributed by atoms with Crippen LogP contribution in [0.1, 0.15) is 6.42 Å². The average molecular weight is 446 g/mol. The maximum atomic E-state index is 3.72. The predicted molar refractivity (Wildman–Crippen MR) is 93.3 cm³/mol. The summed E-state index contributed by atoms with van der Waals surface area (Å²) < 4.78 is 4.64. The number of aryl methyl sites for hydroxylation is 1. The van der Waals surface area contributed by atoms with E-state index in [4.69, 9.17) is 0 Å². The Hall–Kier alpha value is -0.320. The molecule has 3 rings (SSSR count). The fourth-order valence-electron chi connectivity index (χ4n) is 2.53. The van der Waals surface area contributed by atoms with Gasteiger partial charge in [-0.25, -0.2) is 0 Å². The third-order valence-corrected chi connectivity index (χ3v) is 5.90. The number of halogens is 3. The van der Waals surface area contributed by atoms with E-state index in [2.05, 4.69) is 88.8 Å². The van der Waals surface area contributed by atoms with E-state index < -0.39 is 0 Å². The molecule has 0 atom stereocenters. The van der Waals surface area contributed by atoms with Gasteiger partial charge in [0.25, 0.3) is 0 Å². The third-order valence-electron chi connectivity index (χ3n) is 3.34. The van der Waals surface area contributed by atoms with Crippen LogP contribution in [0.25, 0.3) is 21.8 Å². The summed E-state index contributed by atoms with van der Waals surface area (Å²) in [6, 6.07) is 12.9. The van der Waals surface area contributed by atoms with Gasteiger partial charge >= 0.3 is 0 Å². The fourth-order valence-corrected chi connectivity index (χ4v) is 3.66. The van der Waals surface area contributed by atoms with Crippen molar-refractivity contribution in [3.63, 3.8) is 0 Å². The van der Waals surface area contributed by atoms with Crippen LogP contribution in [-0.4, -0.2) is 9.90 Å². The molecule has 1 aromatic heterocycles. The van der Waals surface area contributed by atoms with Crippen molar-refractivity contribution >= 4 is 69.6 Å². The first-order chi connectivity index (χ1) is 9.24. The lowest BCUT2D eigenvalue weighted by Crippen LogP contribution is -1.98. The number of hydrogen-bond donors (Lipinski definition) is 0. The SMILES string of the molecule is BrCCCn1c2ccccc2c2ccc(Br)c(Br)c21. The maximum Gasteiger partial charge on any atom is 0.0647 e. The zero-order valence-corrected chi connectivity index (χ0v) is 14.9. The second-order valence-electron chi connectivity index (χ2n) is 4.47. The van der Waals surface area contributed by atoms with Crippen LogP contribution in [-0.2, 0) is 6.54 Å². The van der Waals surface area contributed by atoms with Gasteiger partial charge in [0.1, 0.15) is 0 Å². The Labute approximate surface area is 137 Å². The van der Waals surface area contributed by atoms with E-state index in [1.807, 2.05) is 0 Å². The van der Waals surface area contributed by atoms with E-state index >= 15 is 0 Å². The Balaban J connectivity index is 2.42. The number of benzene rings is 2. The van der Waals surface area contributed by atoms with Gasteiger partial charge in [0, 0.05) is 32.6 Å². The third kappa shape index (κ3) is 2.28. The monoisotopic (exact) mass is 443 g/mol. The van der Waals surface area contributed by atoms with E-state index in [0.717, 1.165) is 27.2 Å². The van der Waals surface area contributed by atoms with Crippen molar-refractivity contribution in [2.45, 2.75) is 13.0 Å². The van der Waals surface area contributed by atoms with Gasteiger partial charge in [0.05, 0.1) is 9.99 Å². The summed E-state index contributed by atoms with van der Waals surface area (Å²) in [5.41, 5.74) is 2.58. The van der Waals surface area contributed by atoms with Gasteiger partial charge in [0.2, 0.25) is 0 Å². The molecule has 0 N–H and O–H groups in total. The molecule has 0 bridgehead atoms. The molecule has 0 amide bonds. The van der Waals surface area contributed by atoms with Crippen LogP contribution < -0.4 is 0 Å². The number of aromatic nitrogens is 1. The lowest BCUT2D eigenvalue weighted by molar-refractivity contribution is 0.731. The first-order valence-corrected chi connectivity index (χ1v) is 8.85. The molecule has 98 valence electrons. The van der Waals surface area contributed by atoms with Crippen molar-refractivity contribution in [2.75, 3.05) is 5.33 Å². The molecular weight excluding hydrogens is 434 g/mol. The molecule has 1 nitrogen and oxygen atoms in total. The average Bonchev–Trinajstić information content (AvgIpc) is 2.75. The molecule has 0 radical (unpaired) electrons. The standard InChI is InChI=1S/C15H12Br3N/c16-8-3-9-19-13-5-2-1-4-10(13)11-6-7-12(17)14(18)15(11)19/h1-2,4-7H,3,8-9H2. The van der Waals surface area contributed by atoms with Crippen LogP contribution in [0.15, 0.2) is 45.3 Å². The van der Waals surface area contributed by atoms with Crippen LogP contribution in [0.3, 0.4) is 0 Å². The molecule has 0 saturated heterocycles. The van der Waals surface area contributed by atoms with Crippen LogP contribution in [0.2, 0.25) is 0 Å². The minimum atomic E-state index is 1.02. The summed E-state index contributed by atoms with van der Waals surface area (Å²) in [4.78, 5) is 0. The molecular formula is C15H12Br3N. The predicted octanol–water partition coefficient (Wildman–Crippen LogP) is 6.10. The van der Waals surface area contributed by atoms with Crippen LogP contribution in [0, 0.1) is 0 Å². The first-order valence-electron chi connectivity index (χ1n) is 6.15. The van der Waals surface area contributed by atoms with E-state index in [9.17, 15) is 0 Å². The summed E-state index contributed by atoms with van der Waals surface area (Å²) in [6.07, 6.45) is 1.12. The molecule has 4 heteroatoms. The lowest BCUT2D eigenvalue weighted by Gasteiger charge is -2.08. The van der Waals surface area contributed by atoms with Crippen molar-refractivity contribution in [3.8, 4) is 0 Å². The minimum absolute atomic E-state index is 1.02. The van der Waals surface area contributed by atoms with Crippen molar-refractivity contribution in [1.82, 2.24) is 4.57 Å². The zero-order chi connectivity index (χ0) is 13.4. The van der Waals surface area contributed by atoms with Gasteiger partial charge in [-0.3, -0.25) is 0 Å². The van der Waals surface area contributed by atoms with Gasteiger partial charge in [-0.2, -0.15) is 0 Å². The molecule has 3 aromatic rings. The van der Waals surface area contributed by atoms with E-state index in [1.54, 1.807) is 0 Å². The van der Waals surface area contributed by atoms with Crippen molar-refractivity contribution in [2.24, 2.45) is 0 Å². The molecule has 0 aliphatic heterocycles. The number of nitrogens with zero attached hydrogens (tertiary/aromatic N) is 1. The molecule has 0 fully saturated rings. The number of rotatable bonds is 3.